The van der Waals surface area contributed by atoms with Gasteiger partial charge in [0.15, 0.2) is 0 Å². The van der Waals surface area contributed by atoms with E-state index in [1.54, 1.807) is 19.9 Å². The highest BCUT2D eigenvalue weighted by molar-refractivity contribution is 6.31. The number of methoxy groups -OCH3 is 1. The van der Waals surface area contributed by atoms with Crippen LogP contribution in [0.25, 0.3) is 0 Å². The lowest BCUT2D eigenvalue weighted by atomic mass is 9.97. The first kappa shape index (κ1) is 12.8. The SMILES string of the molecule is COc1c(C)cc(Cl)c(C)c1C(N)C(=O)O. The summed E-state index contributed by atoms with van der Waals surface area (Å²) in [5.74, 6) is -0.625. The van der Waals surface area contributed by atoms with Crippen LogP contribution in [0, 0.1) is 13.8 Å². The van der Waals surface area contributed by atoms with E-state index in [4.69, 9.17) is 27.2 Å². The largest absolute Gasteiger partial charge is 0.496 e. The number of hydrogen-bond acceptors (Lipinski definition) is 3. The summed E-state index contributed by atoms with van der Waals surface area (Å²) < 4.78 is 5.18. The summed E-state index contributed by atoms with van der Waals surface area (Å²) in [7, 11) is 1.48. The van der Waals surface area contributed by atoms with Crippen molar-refractivity contribution in [2.24, 2.45) is 5.73 Å². The lowest BCUT2D eigenvalue weighted by Gasteiger charge is -2.18. The number of carbonyl (C=O) groups is 1. The standard InChI is InChI=1S/C11H14ClNO3/c1-5-4-7(12)6(2)8(10(5)16-3)9(13)11(14)15/h4,9H,13H2,1-3H3,(H,14,15). The van der Waals surface area contributed by atoms with Crippen LogP contribution < -0.4 is 10.5 Å². The highest BCUT2D eigenvalue weighted by Gasteiger charge is 2.24. The molecule has 0 aliphatic rings. The van der Waals surface area contributed by atoms with Crippen molar-refractivity contribution < 1.29 is 14.6 Å². The van der Waals surface area contributed by atoms with E-state index < -0.39 is 12.0 Å². The Morgan fingerprint density at radius 2 is 2.12 bits per heavy atom. The number of aliphatic carboxylic acids is 1. The predicted octanol–water partition coefficient (Wildman–Crippen LogP) is 2.05. The van der Waals surface area contributed by atoms with Crippen molar-refractivity contribution in [3.05, 3.63) is 27.8 Å². The summed E-state index contributed by atoms with van der Waals surface area (Å²) in [6, 6.07) is 0.598. The topological polar surface area (TPSA) is 72.5 Å². The number of halogens is 1. The first-order chi connectivity index (χ1) is 7.40. The van der Waals surface area contributed by atoms with E-state index in [-0.39, 0.29) is 0 Å². The molecular weight excluding hydrogens is 230 g/mol. The van der Waals surface area contributed by atoms with Gasteiger partial charge in [0.25, 0.3) is 0 Å². The first-order valence-electron chi connectivity index (χ1n) is 4.72. The summed E-state index contributed by atoms with van der Waals surface area (Å²) in [6.45, 7) is 3.52. The van der Waals surface area contributed by atoms with Gasteiger partial charge >= 0.3 is 5.97 Å². The quantitative estimate of drug-likeness (QED) is 0.852. The van der Waals surface area contributed by atoms with Gasteiger partial charge in [-0.3, -0.25) is 4.79 Å². The smallest absolute Gasteiger partial charge is 0.325 e. The van der Waals surface area contributed by atoms with Gasteiger partial charge in [-0.25, -0.2) is 0 Å². The minimum atomic E-state index is -1.13. The first-order valence-corrected chi connectivity index (χ1v) is 5.10. The molecule has 1 unspecified atom stereocenters. The number of nitrogens with two attached hydrogens (primary N) is 1. The monoisotopic (exact) mass is 243 g/mol. The molecule has 3 N–H and O–H groups in total. The molecule has 0 aromatic heterocycles. The molecule has 1 aromatic carbocycles. The van der Waals surface area contributed by atoms with Crippen LogP contribution in [0.15, 0.2) is 6.07 Å². The fraction of sp³-hybridized carbons (Fsp3) is 0.364. The number of rotatable bonds is 3. The molecular formula is C11H14ClNO3. The Hall–Kier alpha value is -1.26. The van der Waals surface area contributed by atoms with Gasteiger partial charge in [-0.1, -0.05) is 11.6 Å². The summed E-state index contributed by atoms with van der Waals surface area (Å²) in [5.41, 5.74) is 7.45. The molecule has 0 aliphatic heterocycles. The van der Waals surface area contributed by atoms with Crippen molar-refractivity contribution in [3.63, 3.8) is 0 Å². The lowest BCUT2D eigenvalue weighted by molar-refractivity contribution is -0.138. The van der Waals surface area contributed by atoms with Gasteiger partial charge in [0, 0.05) is 10.6 Å². The Balaban J connectivity index is 3.50. The van der Waals surface area contributed by atoms with E-state index in [1.807, 2.05) is 0 Å². The molecule has 0 heterocycles. The maximum Gasteiger partial charge on any atom is 0.325 e. The van der Waals surface area contributed by atoms with Crippen LogP contribution in [0.1, 0.15) is 22.7 Å². The molecule has 1 atom stereocenters. The molecule has 16 heavy (non-hydrogen) atoms. The second-order valence-electron chi connectivity index (χ2n) is 3.56. The van der Waals surface area contributed by atoms with Crippen molar-refractivity contribution in [1.82, 2.24) is 0 Å². The summed E-state index contributed by atoms with van der Waals surface area (Å²) in [6.07, 6.45) is 0. The maximum atomic E-state index is 10.9. The zero-order chi connectivity index (χ0) is 12.5. The number of ether oxygens (including phenoxy) is 1. The number of carboxylic acids is 1. The second-order valence-corrected chi connectivity index (χ2v) is 3.97. The Morgan fingerprint density at radius 3 is 2.56 bits per heavy atom. The van der Waals surface area contributed by atoms with Crippen LogP contribution in [0.5, 0.6) is 5.75 Å². The Kier molecular flexibility index (Phi) is 3.78. The van der Waals surface area contributed by atoms with E-state index in [0.29, 0.717) is 21.9 Å². The van der Waals surface area contributed by atoms with E-state index in [1.165, 1.54) is 7.11 Å². The molecule has 0 saturated heterocycles. The van der Waals surface area contributed by atoms with Crippen LogP contribution in [0.2, 0.25) is 5.02 Å². The van der Waals surface area contributed by atoms with Crippen LogP contribution in [0.3, 0.4) is 0 Å². The van der Waals surface area contributed by atoms with Crippen molar-refractivity contribution in [3.8, 4) is 5.75 Å². The maximum absolute atomic E-state index is 10.9. The van der Waals surface area contributed by atoms with Gasteiger partial charge in [0.05, 0.1) is 7.11 Å². The molecule has 4 nitrogen and oxygen atoms in total. The van der Waals surface area contributed by atoms with E-state index >= 15 is 0 Å². The lowest BCUT2D eigenvalue weighted by Crippen LogP contribution is -2.22. The highest BCUT2D eigenvalue weighted by atomic mass is 35.5. The van der Waals surface area contributed by atoms with E-state index in [2.05, 4.69) is 0 Å². The molecule has 88 valence electrons. The number of aryl methyl sites for hydroxylation is 1. The average molecular weight is 244 g/mol. The fourth-order valence-corrected chi connectivity index (χ4v) is 1.91. The Labute approximate surface area is 99.0 Å². The molecule has 1 aromatic rings. The summed E-state index contributed by atoms with van der Waals surface area (Å²) >= 11 is 5.99. The van der Waals surface area contributed by atoms with E-state index in [0.717, 1.165) is 5.56 Å². The summed E-state index contributed by atoms with van der Waals surface area (Å²) in [4.78, 5) is 10.9. The molecule has 0 radical (unpaired) electrons. The normalized spacial score (nSPS) is 12.3. The van der Waals surface area contributed by atoms with E-state index in [9.17, 15) is 4.79 Å². The van der Waals surface area contributed by atoms with Gasteiger partial charge in [-0.2, -0.15) is 0 Å². The minimum Gasteiger partial charge on any atom is -0.496 e. The Morgan fingerprint density at radius 1 is 1.56 bits per heavy atom. The van der Waals surface area contributed by atoms with Gasteiger partial charge in [-0.05, 0) is 31.0 Å². The molecule has 0 bridgehead atoms. The van der Waals surface area contributed by atoms with Crippen molar-refractivity contribution in [1.29, 1.82) is 0 Å². The fourth-order valence-electron chi connectivity index (χ4n) is 1.64. The zero-order valence-electron chi connectivity index (χ0n) is 9.37. The molecule has 0 fully saturated rings. The molecule has 0 amide bonds. The number of benzene rings is 1. The Bertz CT molecular complexity index is 432. The van der Waals surface area contributed by atoms with Crippen LogP contribution in [0.4, 0.5) is 0 Å². The van der Waals surface area contributed by atoms with Gasteiger partial charge < -0.3 is 15.6 Å². The molecule has 5 heteroatoms. The minimum absolute atomic E-state index is 0.431. The third-order valence-electron chi connectivity index (χ3n) is 2.49. The highest BCUT2D eigenvalue weighted by Crippen LogP contribution is 2.35. The molecule has 0 aliphatic carbocycles. The van der Waals surface area contributed by atoms with Crippen LogP contribution in [-0.4, -0.2) is 18.2 Å². The molecule has 0 saturated carbocycles. The van der Waals surface area contributed by atoms with Crippen molar-refractivity contribution in [2.45, 2.75) is 19.9 Å². The third-order valence-corrected chi connectivity index (χ3v) is 2.88. The van der Waals surface area contributed by atoms with Crippen LogP contribution >= 0.6 is 11.6 Å². The number of carboxylic acid groups (broad SMARTS) is 1. The second kappa shape index (κ2) is 4.72. The number of hydrogen-bond donors (Lipinski definition) is 2. The average Bonchev–Trinajstić information content (AvgIpc) is 2.21. The van der Waals surface area contributed by atoms with Crippen molar-refractivity contribution in [2.75, 3.05) is 7.11 Å². The third kappa shape index (κ3) is 2.13. The molecule has 0 spiro atoms. The molecule has 1 rings (SSSR count). The zero-order valence-corrected chi connectivity index (χ0v) is 10.1. The van der Waals surface area contributed by atoms with Gasteiger partial charge in [-0.15, -0.1) is 0 Å². The van der Waals surface area contributed by atoms with Crippen molar-refractivity contribution >= 4 is 17.6 Å². The van der Waals surface area contributed by atoms with Crippen LogP contribution in [-0.2, 0) is 4.79 Å². The van der Waals surface area contributed by atoms with Gasteiger partial charge in [0.1, 0.15) is 11.8 Å². The summed E-state index contributed by atoms with van der Waals surface area (Å²) in [5, 5.41) is 9.43. The predicted molar refractivity (Wildman–Crippen MR) is 62.0 cm³/mol. The van der Waals surface area contributed by atoms with Gasteiger partial charge in [0.2, 0.25) is 0 Å².